The second-order valence-corrected chi connectivity index (χ2v) is 6.75. The zero-order valence-electron chi connectivity index (χ0n) is 14.8. The Hall–Kier alpha value is -1.85. The average Bonchev–Trinajstić information content (AvgIpc) is 3.09. The van der Waals surface area contributed by atoms with Crippen molar-refractivity contribution in [2.75, 3.05) is 13.1 Å². The number of amides is 1. The van der Waals surface area contributed by atoms with Crippen LogP contribution in [0.3, 0.4) is 0 Å². The van der Waals surface area contributed by atoms with Crippen molar-refractivity contribution >= 4 is 11.9 Å². The van der Waals surface area contributed by atoms with Crippen LogP contribution < -0.4 is 0 Å². The van der Waals surface area contributed by atoms with Crippen LogP contribution in [-0.4, -0.2) is 44.8 Å². The fraction of sp³-hybridized carbons (Fsp3) is 0.722. The summed E-state index contributed by atoms with van der Waals surface area (Å²) in [6, 6.07) is 0.184. The van der Waals surface area contributed by atoms with Gasteiger partial charge in [-0.2, -0.15) is 5.10 Å². The molecule has 1 atom stereocenters. The number of hydrogen-bond acceptors (Lipinski definition) is 3. The SMILES string of the molecule is CCCCC(CC)CC(=O)N1CCC(n2cc(C(=O)O)cn2)CC1. The third-order valence-electron chi connectivity index (χ3n) is 5.05. The Labute approximate surface area is 143 Å². The minimum Gasteiger partial charge on any atom is -0.478 e. The Morgan fingerprint density at radius 3 is 2.58 bits per heavy atom. The van der Waals surface area contributed by atoms with Crippen LogP contribution in [0.15, 0.2) is 12.4 Å². The summed E-state index contributed by atoms with van der Waals surface area (Å²) in [5, 5.41) is 13.1. The van der Waals surface area contributed by atoms with E-state index >= 15 is 0 Å². The van der Waals surface area contributed by atoms with E-state index in [1.54, 1.807) is 10.9 Å². The van der Waals surface area contributed by atoms with Crippen molar-refractivity contribution in [1.82, 2.24) is 14.7 Å². The topological polar surface area (TPSA) is 75.4 Å². The first kappa shape index (κ1) is 18.5. The summed E-state index contributed by atoms with van der Waals surface area (Å²) < 4.78 is 1.74. The molecule has 1 saturated heterocycles. The summed E-state index contributed by atoms with van der Waals surface area (Å²) in [5.41, 5.74) is 0.218. The van der Waals surface area contributed by atoms with Gasteiger partial charge in [0.15, 0.2) is 0 Å². The van der Waals surface area contributed by atoms with E-state index in [-0.39, 0.29) is 17.5 Å². The predicted molar refractivity (Wildman–Crippen MR) is 92.0 cm³/mol. The molecule has 1 fully saturated rings. The number of unbranched alkanes of at least 4 members (excludes halogenated alkanes) is 1. The highest BCUT2D eigenvalue weighted by molar-refractivity contribution is 5.86. The molecule has 0 saturated carbocycles. The van der Waals surface area contributed by atoms with Gasteiger partial charge in [0.2, 0.25) is 5.91 Å². The second-order valence-electron chi connectivity index (χ2n) is 6.75. The Bertz CT molecular complexity index is 547. The second kappa shape index (κ2) is 8.85. The lowest BCUT2D eigenvalue weighted by Crippen LogP contribution is -2.39. The van der Waals surface area contributed by atoms with Crippen molar-refractivity contribution < 1.29 is 14.7 Å². The number of aromatic carboxylic acids is 1. The molecule has 6 nitrogen and oxygen atoms in total. The average molecular weight is 335 g/mol. The van der Waals surface area contributed by atoms with Gasteiger partial charge in [0, 0.05) is 25.7 Å². The number of carboxylic acid groups (broad SMARTS) is 1. The standard InChI is InChI=1S/C18H29N3O3/c1-3-5-6-14(4-2)11-17(22)20-9-7-16(8-10-20)21-13-15(12-19-21)18(23)24/h12-14,16H,3-11H2,1-2H3,(H,23,24). The quantitative estimate of drug-likeness (QED) is 0.790. The highest BCUT2D eigenvalue weighted by Gasteiger charge is 2.25. The van der Waals surface area contributed by atoms with E-state index in [9.17, 15) is 9.59 Å². The normalized spacial score (nSPS) is 17.0. The Morgan fingerprint density at radius 2 is 2.04 bits per heavy atom. The third kappa shape index (κ3) is 4.82. The number of rotatable bonds is 8. The highest BCUT2D eigenvalue weighted by atomic mass is 16.4. The maximum Gasteiger partial charge on any atom is 0.338 e. The van der Waals surface area contributed by atoms with Gasteiger partial charge in [-0.1, -0.05) is 33.1 Å². The first-order chi connectivity index (χ1) is 11.5. The fourth-order valence-electron chi connectivity index (χ4n) is 3.35. The smallest absolute Gasteiger partial charge is 0.338 e. The summed E-state index contributed by atoms with van der Waals surface area (Å²) >= 11 is 0. The van der Waals surface area contributed by atoms with Crippen LogP contribution >= 0.6 is 0 Å². The monoisotopic (exact) mass is 335 g/mol. The molecular weight excluding hydrogens is 306 g/mol. The fourth-order valence-corrected chi connectivity index (χ4v) is 3.35. The van der Waals surface area contributed by atoms with E-state index in [0.29, 0.717) is 12.3 Å². The van der Waals surface area contributed by atoms with Gasteiger partial charge in [-0.25, -0.2) is 4.79 Å². The van der Waals surface area contributed by atoms with E-state index in [1.807, 2.05) is 4.90 Å². The van der Waals surface area contributed by atoms with Gasteiger partial charge in [0.25, 0.3) is 0 Å². The summed E-state index contributed by atoms with van der Waals surface area (Å²) in [7, 11) is 0. The van der Waals surface area contributed by atoms with Gasteiger partial charge in [-0.05, 0) is 25.2 Å². The number of carbonyl (C=O) groups excluding carboxylic acids is 1. The molecule has 2 heterocycles. The molecule has 0 aromatic carbocycles. The molecule has 1 unspecified atom stereocenters. The number of hydrogen-bond donors (Lipinski definition) is 1. The summed E-state index contributed by atoms with van der Waals surface area (Å²) in [4.78, 5) is 25.4. The largest absolute Gasteiger partial charge is 0.478 e. The van der Waals surface area contributed by atoms with Crippen molar-refractivity contribution in [3.63, 3.8) is 0 Å². The molecule has 0 radical (unpaired) electrons. The molecule has 24 heavy (non-hydrogen) atoms. The van der Waals surface area contributed by atoms with E-state index < -0.39 is 5.97 Å². The summed E-state index contributed by atoms with van der Waals surface area (Å²) in [6.45, 7) is 5.81. The number of carboxylic acids is 1. The molecule has 1 aliphatic heterocycles. The van der Waals surface area contributed by atoms with Gasteiger partial charge in [-0.3, -0.25) is 9.48 Å². The van der Waals surface area contributed by atoms with Crippen LogP contribution in [-0.2, 0) is 4.79 Å². The van der Waals surface area contributed by atoms with Crippen molar-refractivity contribution in [2.45, 2.75) is 64.8 Å². The predicted octanol–water partition coefficient (Wildman–Crippen LogP) is 3.35. The molecule has 1 aliphatic rings. The lowest BCUT2D eigenvalue weighted by atomic mass is 9.94. The van der Waals surface area contributed by atoms with Crippen LogP contribution in [0.5, 0.6) is 0 Å². The van der Waals surface area contributed by atoms with Gasteiger partial charge in [0.1, 0.15) is 0 Å². The minimum absolute atomic E-state index is 0.184. The lowest BCUT2D eigenvalue weighted by molar-refractivity contribution is -0.133. The van der Waals surface area contributed by atoms with Gasteiger partial charge in [0.05, 0.1) is 17.8 Å². The molecule has 0 bridgehead atoms. The molecule has 0 spiro atoms. The molecule has 2 rings (SSSR count). The van der Waals surface area contributed by atoms with E-state index in [0.717, 1.165) is 38.8 Å². The van der Waals surface area contributed by atoms with E-state index in [4.69, 9.17) is 5.11 Å². The molecule has 1 N–H and O–H groups in total. The minimum atomic E-state index is -0.952. The Balaban J connectivity index is 1.82. The van der Waals surface area contributed by atoms with Crippen molar-refractivity contribution in [3.8, 4) is 0 Å². The van der Waals surface area contributed by atoms with Crippen molar-refractivity contribution in [1.29, 1.82) is 0 Å². The number of carbonyl (C=O) groups is 2. The number of likely N-dealkylation sites (tertiary alicyclic amines) is 1. The first-order valence-electron chi connectivity index (χ1n) is 9.10. The number of aromatic nitrogens is 2. The van der Waals surface area contributed by atoms with Crippen LogP contribution in [0.1, 0.15) is 75.2 Å². The van der Waals surface area contributed by atoms with Gasteiger partial charge in [-0.15, -0.1) is 0 Å². The van der Waals surface area contributed by atoms with Crippen LogP contribution in [0.2, 0.25) is 0 Å². The van der Waals surface area contributed by atoms with Crippen LogP contribution in [0, 0.1) is 5.92 Å². The van der Waals surface area contributed by atoms with Crippen LogP contribution in [0.4, 0.5) is 0 Å². The maximum absolute atomic E-state index is 12.5. The van der Waals surface area contributed by atoms with Crippen molar-refractivity contribution in [3.05, 3.63) is 18.0 Å². The molecule has 134 valence electrons. The van der Waals surface area contributed by atoms with Gasteiger partial charge < -0.3 is 10.0 Å². The van der Waals surface area contributed by atoms with Crippen molar-refractivity contribution in [2.24, 2.45) is 5.92 Å². The molecule has 0 aliphatic carbocycles. The molecule has 1 amide bonds. The first-order valence-corrected chi connectivity index (χ1v) is 9.10. The summed E-state index contributed by atoms with van der Waals surface area (Å²) in [6.07, 6.45) is 9.87. The van der Waals surface area contributed by atoms with Crippen LogP contribution in [0.25, 0.3) is 0 Å². The number of piperidine rings is 1. The highest BCUT2D eigenvalue weighted by Crippen LogP contribution is 2.24. The Kier molecular flexibility index (Phi) is 6.82. The van der Waals surface area contributed by atoms with E-state index in [1.165, 1.54) is 19.0 Å². The van der Waals surface area contributed by atoms with Gasteiger partial charge >= 0.3 is 5.97 Å². The molecule has 1 aromatic heterocycles. The zero-order valence-corrected chi connectivity index (χ0v) is 14.8. The zero-order chi connectivity index (χ0) is 17.5. The Morgan fingerprint density at radius 1 is 1.33 bits per heavy atom. The summed E-state index contributed by atoms with van der Waals surface area (Å²) in [5.74, 6) is -0.186. The molecular formula is C18H29N3O3. The maximum atomic E-state index is 12.5. The van der Waals surface area contributed by atoms with E-state index in [2.05, 4.69) is 18.9 Å². The molecule has 1 aromatic rings. The number of nitrogens with zero attached hydrogens (tertiary/aromatic N) is 3. The third-order valence-corrected chi connectivity index (χ3v) is 5.05. The lowest BCUT2D eigenvalue weighted by Gasteiger charge is -2.33. The molecule has 6 heteroatoms.